The Hall–Kier alpha value is -3.25. The molecule has 0 spiro atoms. The van der Waals surface area contributed by atoms with E-state index in [2.05, 4.69) is 10.5 Å². The maximum Gasteiger partial charge on any atom is 0.416 e. The quantitative estimate of drug-likeness (QED) is 0.618. The molecule has 136 valence electrons. The first kappa shape index (κ1) is 18.5. The summed E-state index contributed by atoms with van der Waals surface area (Å²) in [5.41, 5.74) is 2.30. The number of nitrogens with zero attached hydrogens (tertiary/aromatic N) is 3. The Kier molecular flexibility index (Phi) is 5.19. The maximum absolute atomic E-state index is 12.8. The predicted molar refractivity (Wildman–Crippen MR) is 97.7 cm³/mol. The van der Waals surface area contributed by atoms with Crippen molar-refractivity contribution in [1.82, 2.24) is 0 Å². The van der Waals surface area contributed by atoms with E-state index in [1.807, 2.05) is 6.07 Å². The molecule has 2 aromatic carbocycles. The SMILES string of the molecule is N#C/C=C1/S/C(=N/Nc2cccc(C(F)(F)F)c2)C(=O)N1c1ccccc1. The average molecular weight is 388 g/mol. The van der Waals surface area contributed by atoms with Crippen LogP contribution in [0.15, 0.2) is 70.8 Å². The van der Waals surface area contributed by atoms with Gasteiger partial charge in [0.15, 0.2) is 5.04 Å². The molecule has 1 saturated heterocycles. The van der Waals surface area contributed by atoms with E-state index in [1.165, 1.54) is 23.1 Å². The molecule has 0 atom stereocenters. The van der Waals surface area contributed by atoms with Gasteiger partial charge in [-0.25, -0.2) is 0 Å². The lowest BCUT2D eigenvalue weighted by Gasteiger charge is -2.15. The second-order valence-electron chi connectivity index (χ2n) is 5.30. The van der Waals surface area contributed by atoms with Crippen molar-refractivity contribution in [3.63, 3.8) is 0 Å². The molecule has 3 rings (SSSR count). The molecule has 27 heavy (non-hydrogen) atoms. The zero-order chi connectivity index (χ0) is 19.4. The molecule has 2 aromatic rings. The summed E-state index contributed by atoms with van der Waals surface area (Å²) in [7, 11) is 0. The van der Waals surface area contributed by atoms with Gasteiger partial charge in [0.2, 0.25) is 0 Å². The molecule has 9 heteroatoms. The van der Waals surface area contributed by atoms with E-state index in [9.17, 15) is 18.0 Å². The molecule has 1 N–H and O–H groups in total. The molecule has 0 aliphatic carbocycles. The molecule has 1 amide bonds. The van der Waals surface area contributed by atoms with Gasteiger partial charge >= 0.3 is 6.18 Å². The average Bonchev–Trinajstić information content (AvgIpc) is 2.96. The lowest BCUT2D eigenvalue weighted by molar-refractivity contribution is -0.137. The smallest absolute Gasteiger partial charge is 0.277 e. The number of allylic oxidation sites excluding steroid dienone is 1. The minimum atomic E-state index is -4.48. The highest BCUT2D eigenvalue weighted by atomic mass is 32.2. The van der Waals surface area contributed by atoms with Gasteiger partial charge in [-0.1, -0.05) is 24.3 Å². The van der Waals surface area contributed by atoms with Gasteiger partial charge < -0.3 is 0 Å². The van der Waals surface area contributed by atoms with Crippen LogP contribution in [-0.4, -0.2) is 11.0 Å². The van der Waals surface area contributed by atoms with Crippen LogP contribution in [0.2, 0.25) is 0 Å². The first-order chi connectivity index (χ1) is 12.9. The van der Waals surface area contributed by atoms with Gasteiger partial charge in [-0.3, -0.25) is 15.1 Å². The fourth-order valence-electron chi connectivity index (χ4n) is 2.31. The minimum Gasteiger partial charge on any atom is -0.277 e. The highest BCUT2D eigenvalue weighted by Crippen LogP contribution is 2.36. The van der Waals surface area contributed by atoms with Crippen LogP contribution in [-0.2, 0) is 11.0 Å². The largest absolute Gasteiger partial charge is 0.416 e. The number of carbonyl (C=O) groups is 1. The summed E-state index contributed by atoms with van der Waals surface area (Å²) in [4.78, 5) is 14.0. The summed E-state index contributed by atoms with van der Waals surface area (Å²) in [6.07, 6.45) is -3.27. The molecular weight excluding hydrogens is 377 g/mol. The van der Waals surface area contributed by atoms with Gasteiger partial charge in [0.1, 0.15) is 0 Å². The summed E-state index contributed by atoms with van der Waals surface area (Å²) < 4.78 is 38.3. The standard InChI is InChI=1S/C18H11F3N4OS/c19-18(20,21)12-5-4-6-13(11-12)23-24-16-17(26)25(15(27-16)9-10-22)14-7-2-1-3-8-14/h1-9,11,23H/b15-9+,24-16+. The van der Waals surface area contributed by atoms with E-state index in [0.717, 1.165) is 23.9 Å². The van der Waals surface area contributed by atoms with Crippen LogP contribution in [0.1, 0.15) is 5.56 Å². The number of amides is 1. The lowest BCUT2D eigenvalue weighted by Crippen LogP contribution is -2.26. The summed E-state index contributed by atoms with van der Waals surface area (Å²) in [5, 5.41) is 13.2. The molecular formula is C18H11F3N4OS. The third-order valence-electron chi connectivity index (χ3n) is 3.49. The van der Waals surface area contributed by atoms with Crippen molar-refractivity contribution in [2.45, 2.75) is 6.18 Å². The van der Waals surface area contributed by atoms with Gasteiger partial charge in [-0.15, -0.1) is 0 Å². The Morgan fingerprint density at radius 2 is 1.89 bits per heavy atom. The molecule has 0 radical (unpaired) electrons. The first-order valence-corrected chi connectivity index (χ1v) is 8.40. The van der Waals surface area contributed by atoms with Gasteiger partial charge in [0, 0.05) is 11.8 Å². The third kappa shape index (κ3) is 4.12. The fraction of sp³-hybridized carbons (Fsp3) is 0.0556. The van der Waals surface area contributed by atoms with Crippen molar-refractivity contribution in [1.29, 1.82) is 5.26 Å². The molecule has 1 aliphatic heterocycles. The van der Waals surface area contributed by atoms with Crippen molar-refractivity contribution < 1.29 is 18.0 Å². The van der Waals surface area contributed by atoms with Gasteiger partial charge in [0.25, 0.3) is 5.91 Å². The number of carbonyl (C=O) groups excluding carboxylic acids is 1. The Labute approximate surface area is 156 Å². The van der Waals surface area contributed by atoms with E-state index in [-0.39, 0.29) is 10.7 Å². The Morgan fingerprint density at radius 3 is 2.56 bits per heavy atom. The highest BCUT2D eigenvalue weighted by molar-refractivity contribution is 8.20. The van der Waals surface area contributed by atoms with Gasteiger partial charge in [0.05, 0.1) is 22.3 Å². The second kappa shape index (κ2) is 7.55. The summed E-state index contributed by atoms with van der Waals surface area (Å²) in [6, 6.07) is 15.0. The predicted octanol–water partition coefficient (Wildman–Crippen LogP) is 4.58. The van der Waals surface area contributed by atoms with Crippen LogP contribution in [0.4, 0.5) is 24.5 Å². The molecule has 1 fully saturated rings. The number of halogens is 3. The molecule has 5 nitrogen and oxygen atoms in total. The lowest BCUT2D eigenvalue weighted by atomic mass is 10.2. The topological polar surface area (TPSA) is 68.5 Å². The van der Waals surface area contributed by atoms with Crippen LogP contribution in [0.5, 0.6) is 0 Å². The van der Waals surface area contributed by atoms with Crippen LogP contribution >= 0.6 is 11.8 Å². The van der Waals surface area contributed by atoms with Gasteiger partial charge in [-0.2, -0.15) is 23.5 Å². The normalized spacial score (nSPS) is 17.4. The van der Waals surface area contributed by atoms with Crippen LogP contribution < -0.4 is 10.3 Å². The van der Waals surface area contributed by atoms with E-state index < -0.39 is 17.6 Å². The number of para-hydroxylation sites is 1. The van der Waals surface area contributed by atoms with Crippen molar-refractivity contribution >= 4 is 34.1 Å². The minimum absolute atomic E-state index is 0.0118. The second-order valence-corrected chi connectivity index (χ2v) is 6.31. The number of thioether (sulfide) groups is 1. The van der Waals surface area contributed by atoms with Crippen LogP contribution in [0.3, 0.4) is 0 Å². The summed E-state index contributed by atoms with van der Waals surface area (Å²) in [5.74, 6) is -0.479. The van der Waals surface area contributed by atoms with E-state index >= 15 is 0 Å². The number of hydrogen-bond donors (Lipinski definition) is 1. The number of anilines is 2. The third-order valence-corrected chi connectivity index (χ3v) is 4.46. The van der Waals surface area contributed by atoms with Crippen molar-refractivity contribution in [2.24, 2.45) is 5.10 Å². The fourth-order valence-corrected chi connectivity index (χ4v) is 3.17. The monoisotopic (exact) mass is 388 g/mol. The number of rotatable bonds is 3. The number of hydrogen-bond acceptors (Lipinski definition) is 5. The van der Waals surface area contributed by atoms with E-state index in [4.69, 9.17) is 5.26 Å². The number of nitriles is 1. The molecule has 0 unspecified atom stereocenters. The zero-order valence-corrected chi connectivity index (χ0v) is 14.4. The molecule has 1 aliphatic rings. The molecule has 1 heterocycles. The first-order valence-electron chi connectivity index (χ1n) is 7.58. The zero-order valence-electron chi connectivity index (χ0n) is 13.6. The maximum atomic E-state index is 12.8. The van der Waals surface area contributed by atoms with Crippen LogP contribution in [0, 0.1) is 11.3 Å². The molecule has 0 saturated carbocycles. The van der Waals surface area contributed by atoms with E-state index in [1.54, 1.807) is 30.3 Å². The number of alkyl halides is 3. The van der Waals surface area contributed by atoms with Gasteiger partial charge in [-0.05, 0) is 42.1 Å². The highest BCUT2D eigenvalue weighted by Gasteiger charge is 2.35. The van der Waals surface area contributed by atoms with Crippen molar-refractivity contribution in [3.05, 3.63) is 71.3 Å². The Morgan fingerprint density at radius 1 is 1.15 bits per heavy atom. The molecule has 0 aromatic heterocycles. The van der Waals surface area contributed by atoms with Crippen molar-refractivity contribution in [3.8, 4) is 6.07 Å². The number of nitrogens with one attached hydrogen (secondary N) is 1. The number of hydrazone groups is 1. The number of benzene rings is 2. The molecule has 0 bridgehead atoms. The Balaban J connectivity index is 1.87. The summed E-state index contributed by atoms with van der Waals surface area (Å²) >= 11 is 0.956. The van der Waals surface area contributed by atoms with Crippen molar-refractivity contribution in [2.75, 3.05) is 10.3 Å². The van der Waals surface area contributed by atoms with Crippen LogP contribution in [0.25, 0.3) is 0 Å². The Bertz CT molecular complexity index is 965. The van der Waals surface area contributed by atoms with E-state index in [0.29, 0.717) is 10.7 Å². The summed E-state index contributed by atoms with van der Waals surface area (Å²) in [6.45, 7) is 0.